The zero-order chi connectivity index (χ0) is 16.6. The molecule has 2 heterocycles. The van der Waals surface area contributed by atoms with Crippen LogP contribution in [0.4, 0.5) is 5.82 Å². The first-order valence-corrected chi connectivity index (χ1v) is 8.72. The minimum atomic E-state index is 0.0105. The first-order chi connectivity index (χ1) is 11.0. The average Bonchev–Trinajstić information content (AvgIpc) is 2.66. The fourth-order valence-electron chi connectivity index (χ4n) is 2.83. The number of aromatic nitrogens is 2. The number of carbonyl (C=O) groups is 1. The van der Waals surface area contributed by atoms with Gasteiger partial charge in [0.05, 0.1) is 22.8 Å². The van der Waals surface area contributed by atoms with Gasteiger partial charge in [0.1, 0.15) is 11.6 Å². The first-order valence-electron chi connectivity index (χ1n) is 7.67. The molecule has 3 rings (SSSR count). The third-order valence-electron chi connectivity index (χ3n) is 3.70. The van der Waals surface area contributed by atoms with Crippen LogP contribution in [0.3, 0.4) is 0 Å². The Morgan fingerprint density at radius 1 is 1.43 bits per heavy atom. The Kier molecular flexibility index (Phi) is 4.35. The van der Waals surface area contributed by atoms with Crippen molar-refractivity contribution in [2.45, 2.75) is 32.1 Å². The Morgan fingerprint density at radius 2 is 2.22 bits per heavy atom. The molecule has 1 aromatic heterocycles. The van der Waals surface area contributed by atoms with E-state index in [1.54, 1.807) is 16.4 Å². The molecular formula is C17H21N3O2S. The number of hydrogen-bond acceptors (Lipinski definition) is 4. The minimum Gasteiger partial charge on any atom is -0.491 e. The van der Waals surface area contributed by atoms with Gasteiger partial charge in [-0.1, -0.05) is 12.1 Å². The number of nitrogens with zero attached hydrogens (tertiary/aromatic N) is 2. The molecule has 0 saturated heterocycles. The Hall–Kier alpha value is -1.95. The molecule has 1 atom stereocenters. The number of benzene rings is 1. The van der Waals surface area contributed by atoms with Gasteiger partial charge in [0, 0.05) is 12.6 Å². The smallest absolute Gasteiger partial charge is 0.235 e. The van der Waals surface area contributed by atoms with E-state index in [1.165, 1.54) is 0 Å². The summed E-state index contributed by atoms with van der Waals surface area (Å²) in [5, 5.41) is 7.50. The maximum Gasteiger partial charge on any atom is 0.235 e. The molecule has 5 nitrogen and oxygen atoms in total. The van der Waals surface area contributed by atoms with Gasteiger partial charge in [-0.15, -0.1) is 11.8 Å². The molecule has 1 aliphatic heterocycles. The van der Waals surface area contributed by atoms with Gasteiger partial charge in [-0.05, 0) is 38.5 Å². The van der Waals surface area contributed by atoms with Crippen LogP contribution in [0.15, 0.2) is 24.3 Å². The summed E-state index contributed by atoms with van der Waals surface area (Å²) in [5.41, 5.74) is 3.14. The summed E-state index contributed by atoms with van der Waals surface area (Å²) in [6, 6.07) is 8.10. The van der Waals surface area contributed by atoms with Crippen molar-refractivity contribution in [2.24, 2.45) is 7.05 Å². The summed E-state index contributed by atoms with van der Waals surface area (Å²) in [4.78, 5) is 12.0. The normalized spacial score (nSPS) is 17.6. The van der Waals surface area contributed by atoms with Crippen LogP contribution < -0.4 is 10.1 Å². The van der Waals surface area contributed by atoms with E-state index in [-0.39, 0.29) is 17.3 Å². The monoisotopic (exact) mass is 331 g/mol. The standard InChI is InChI=1S/C17H21N3O2S/c1-10(2)22-13-7-5-6-12(8-13)16-15-11(3)19-20(4)17(15)18-14(21)9-23-16/h5-8,10,16H,9H2,1-4H3,(H,18,21)/t16-/m0/s1. The number of rotatable bonds is 3. The van der Waals surface area contributed by atoms with Crippen LogP contribution in [0.2, 0.25) is 0 Å². The van der Waals surface area contributed by atoms with E-state index in [9.17, 15) is 4.79 Å². The second-order valence-corrected chi connectivity index (χ2v) is 7.04. The maximum absolute atomic E-state index is 12.0. The van der Waals surface area contributed by atoms with E-state index in [2.05, 4.69) is 22.5 Å². The molecule has 0 unspecified atom stereocenters. The van der Waals surface area contributed by atoms with E-state index in [1.807, 2.05) is 40.0 Å². The SMILES string of the molecule is Cc1nn(C)c2c1[C@H](c1cccc(OC(C)C)c1)SCC(=O)N2. The molecular weight excluding hydrogens is 310 g/mol. The molecule has 1 aromatic carbocycles. The Bertz CT molecular complexity index is 739. The zero-order valence-electron chi connectivity index (χ0n) is 13.8. The Morgan fingerprint density at radius 3 is 2.96 bits per heavy atom. The molecule has 6 heteroatoms. The summed E-state index contributed by atoms with van der Waals surface area (Å²) < 4.78 is 7.55. The quantitative estimate of drug-likeness (QED) is 0.938. The van der Waals surface area contributed by atoms with Gasteiger partial charge in [0.15, 0.2) is 0 Å². The molecule has 1 N–H and O–H groups in total. The lowest BCUT2D eigenvalue weighted by Crippen LogP contribution is -2.15. The molecule has 0 aliphatic carbocycles. The molecule has 122 valence electrons. The van der Waals surface area contributed by atoms with Gasteiger partial charge in [-0.25, -0.2) is 0 Å². The minimum absolute atomic E-state index is 0.0105. The summed E-state index contributed by atoms with van der Waals surface area (Å²) in [6.07, 6.45) is 0.131. The first kappa shape index (κ1) is 15.9. The third kappa shape index (κ3) is 3.22. The van der Waals surface area contributed by atoms with Crippen molar-refractivity contribution in [3.8, 4) is 5.75 Å². The lowest BCUT2D eigenvalue weighted by atomic mass is 10.0. The number of amides is 1. The fourth-order valence-corrected chi connectivity index (χ4v) is 4.01. The van der Waals surface area contributed by atoms with Gasteiger partial charge in [-0.2, -0.15) is 5.10 Å². The van der Waals surface area contributed by atoms with E-state index < -0.39 is 0 Å². The molecule has 1 amide bonds. The zero-order valence-corrected chi connectivity index (χ0v) is 14.6. The number of carbonyl (C=O) groups excluding carboxylic acids is 1. The van der Waals surface area contributed by atoms with E-state index >= 15 is 0 Å². The number of fused-ring (bicyclic) bond motifs is 1. The van der Waals surface area contributed by atoms with Gasteiger partial charge >= 0.3 is 0 Å². The molecule has 0 fully saturated rings. The number of ether oxygens (including phenoxy) is 1. The second-order valence-electron chi connectivity index (χ2n) is 5.95. The number of thioether (sulfide) groups is 1. The van der Waals surface area contributed by atoms with E-state index in [0.29, 0.717) is 5.75 Å². The highest BCUT2D eigenvalue weighted by Crippen LogP contribution is 2.43. The molecule has 23 heavy (non-hydrogen) atoms. The number of aryl methyl sites for hydroxylation is 2. The van der Waals surface area contributed by atoms with Crippen LogP contribution in [0.5, 0.6) is 5.75 Å². The molecule has 0 bridgehead atoms. The molecule has 0 spiro atoms. The highest BCUT2D eigenvalue weighted by Gasteiger charge is 2.29. The van der Waals surface area contributed by atoms with Gasteiger partial charge in [-0.3, -0.25) is 9.48 Å². The largest absolute Gasteiger partial charge is 0.491 e. The van der Waals surface area contributed by atoms with Crippen LogP contribution >= 0.6 is 11.8 Å². The predicted octanol–water partition coefficient (Wildman–Crippen LogP) is 3.29. The van der Waals surface area contributed by atoms with Crippen LogP contribution in [-0.2, 0) is 11.8 Å². The molecule has 0 radical (unpaired) electrons. The predicted molar refractivity (Wildman–Crippen MR) is 93.1 cm³/mol. The fraction of sp³-hybridized carbons (Fsp3) is 0.412. The van der Waals surface area contributed by atoms with E-state index in [4.69, 9.17) is 4.74 Å². The summed E-state index contributed by atoms with van der Waals surface area (Å²) >= 11 is 1.62. The summed E-state index contributed by atoms with van der Waals surface area (Å²) in [6.45, 7) is 6.01. The van der Waals surface area contributed by atoms with Gasteiger partial charge in [0.25, 0.3) is 0 Å². The molecule has 0 saturated carbocycles. The third-order valence-corrected chi connectivity index (χ3v) is 4.97. The van der Waals surface area contributed by atoms with Crippen molar-refractivity contribution in [1.82, 2.24) is 9.78 Å². The van der Waals surface area contributed by atoms with Crippen molar-refractivity contribution in [1.29, 1.82) is 0 Å². The van der Waals surface area contributed by atoms with Crippen molar-refractivity contribution in [3.63, 3.8) is 0 Å². The molecule has 1 aliphatic rings. The van der Waals surface area contributed by atoms with Crippen molar-refractivity contribution < 1.29 is 9.53 Å². The van der Waals surface area contributed by atoms with Crippen LogP contribution in [-0.4, -0.2) is 27.5 Å². The lowest BCUT2D eigenvalue weighted by Gasteiger charge is -2.17. The Labute approximate surface area is 140 Å². The number of nitrogens with one attached hydrogen (secondary N) is 1. The van der Waals surface area contributed by atoms with Gasteiger partial charge < -0.3 is 10.1 Å². The summed E-state index contributed by atoms with van der Waals surface area (Å²) in [5.74, 6) is 2.08. The van der Waals surface area contributed by atoms with Crippen LogP contribution in [0.1, 0.15) is 35.9 Å². The number of anilines is 1. The maximum atomic E-state index is 12.0. The highest BCUT2D eigenvalue weighted by molar-refractivity contribution is 8.00. The summed E-state index contributed by atoms with van der Waals surface area (Å²) in [7, 11) is 1.86. The van der Waals surface area contributed by atoms with E-state index in [0.717, 1.165) is 28.4 Å². The highest BCUT2D eigenvalue weighted by atomic mass is 32.2. The topological polar surface area (TPSA) is 56.2 Å². The van der Waals surface area contributed by atoms with Crippen molar-refractivity contribution in [3.05, 3.63) is 41.1 Å². The van der Waals surface area contributed by atoms with Crippen LogP contribution in [0.25, 0.3) is 0 Å². The lowest BCUT2D eigenvalue weighted by molar-refractivity contribution is -0.113. The Balaban J connectivity index is 2.04. The van der Waals surface area contributed by atoms with Crippen molar-refractivity contribution >= 4 is 23.5 Å². The second kappa shape index (κ2) is 6.28. The number of hydrogen-bond donors (Lipinski definition) is 1. The molecule has 2 aromatic rings. The average molecular weight is 331 g/mol. The van der Waals surface area contributed by atoms with Crippen LogP contribution in [0, 0.1) is 6.92 Å². The van der Waals surface area contributed by atoms with Gasteiger partial charge in [0.2, 0.25) is 5.91 Å². The van der Waals surface area contributed by atoms with Crippen molar-refractivity contribution in [2.75, 3.05) is 11.1 Å².